The molecule has 0 saturated carbocycles. The van der Waals surface area contributed by atoms with Gasteiger partial charge in [0.2, 0.25) is 5.91 Å². The molecule has 0 bridgehead atoms. The van der Waals surface area contributed by atoms with Gasteiger partial charge in [0.1, 0.15) is 12.0 Å². The van der Waals surface area contributed by atoms with Crippen LogP contribution in [0.15, 0.2) is 24.3 Å². The molecule has 1 amide bonds. The molecule has 3 saturated heterocycles. The van der Waals surface area contributed by atoms with Gasteiger partial charge >= 0.3 is 5.97 Å². The molecule has 32 heavy (non-hydrogen) atoms. The molecule has 0 aromatic heterocycles. The molecular formula is C22H34N6O4. The summed E-state index contributed by atoms with van der Waals surface area (Å²) in [5, 5.41) is 20.0. The smallest absolute Gasteiger partial charge is 0.347 e. The lowest BCUT2D eigenvalue weighted by molar-refractivity contribution is -0.152. The van der Waals surface area contributed by atoms with Crippen molar-refractivity contribution >= 4 is 17.6 Å². The van der Waals surface area contributed by atoms with Crippen molar-refractivity contribution < 1.29 is 19.4 Å². The summed E-state index contributed by atoms with van der Waals surface area (Å²) in [6.07, 6.45) is 4.59. The van der Waals surface area contributed by atoms with Gasteiger partial charge < -0.3 is 15.2 Å². The van der Waals surface area contributed by atoms with Crippen molar-refractivity contribution in [1.29, 1.82) is 0 Å². The summed E-state index contributed by atoms with van der Waals surface area (Å²) in [5.74, 6) is -0.903. The van der Waals surface area contributed by atoms with E-state index >= 15 is 0 Å². The Morgan fingerprint density at radius 3 is 2.47 bits per heavy atom. The second kappa shape index (κ2) is 9.62. The predicted octanol–water partition coefficient (Wildman–Crippen LogP) is 0.638. The number of hydrazine groups is 1. The van der Waals surface area contributed by atoms with E-state index in [-0.39, 0.29) is 30.3 Å². The largest absolute Gasteiger partial charge is 0.478 e. The quantitative estimate of drug-likeness (QED) is 0.373. The maximum absolute atomic E-state index is 12.7. The van der Waals surface area contributed by atoms with Gasteiger partial charge in [-0.3, -0.25) is 25.8 Å². The minimum absolute atomic E-state index is 0.00488. The van der Waals surface area contributed by atoms with Gasteiger partial charge in [-0.05, 0) is 51.0 Å². The van der Waals surface area contributed by atoms with Crippen LogP contribution in [0.4, 0.5) is 5.69 Å². The Labute approximate surface area is 188 Å². The molecule has 3 aliphatic heterocycles. The first-order valence-corrected chi connectivity index (χ1v) is 11.4. The van der Waals surface area contributed by atoms with E-state index in [9.17, 15) is 14.7 Å². The zero-order valence-electron chi connectivity index (χ0n) is 18.7. The Balaban J connectivity index is 1.48. The molecule has 176 valence electrons. The Morgan fingerprint density at radius 1 is 1.12 bits per heavy atom. The highest BCUT2D eigenvalue weighted by atomic mass is 16.5. The van der Waals surface area contributed by atoms with E-state index in [1.807, 2.05) is 12.1 Å². The average molecular weight is 447 g/mol. The Kier molecular flexibility index (Phi) is 6.85. The van der Waals surface area contributed by atoms with Gasteiger partial charge in [-0.25, -0.2) is 10.2 Å². The molecule has 1 aromatic carbocycles. The third-order valence-corrected chi connectivity index (χ3v) is 6.41. The number of hydrogen-bond donors (Lipinski definition) is 6. The molecule has 6 N–H and O–H groups in total. The molecule has 4 atom stereocenters. The number of aliphatic carboxylic acids is 1. The molecule has 10 nitrogen and oxygen atoms in total. The van der Waals surface area contributed by atoms with E-state index in [0.29, 0.717) is 12.3 Å². The SMILES string of the molecule is CC(C)(Oc1ccc(NC2NC(N3CCCCCC3)NC3CNNC(=O)C32)cc1)C(=O)O. The Morgan fingerprint density at radius 2 is 1.81 bits per heavy atom. The Hall–Kier alpha value is -2.40. The maximum atomic E-state index is 12.7. The van der Waals surface area contributed by atoms with Crippen molar-refractivity contribution in [2.75, 3.05) is 25.0 Å². The molecule has 0 aliphatic carbocycles. The third kappa shape index (κ3) is 5.15. The van der Waals surface area contributed by atoms with Gasteiger partial charge in [0.15, 0.2) is 5.60 Å². The first-order valence-electron chi connectivity index (χ1n) is 11.4. The van der Waals surface area contributed by atoms with Crippen molar-refractivity contribution in [2.24, 2.45) is 5.92 Å². The second-order valence-corrected chi connectivity index (χ2v) is 9.25. The van der Waals surface area contributed by atoms with Crippen LogP contribution in [0, 0.1) is 5.92 Å². The van der Waals surface area contributed by atoms with Gasteiger partial charge in [-0.1, -0.05) is 12.8 Å². The van der Waals surface area contributed by atoms with Crippen LogP contribution in [-0.2, 0) is 9.59 Å². The topological polar surface area (TPSA) is 127 Å². The minimum atomic E-state index is -1.31. The highest BCUT2D eigenvalue weighted by molar-refractivity contribution is 5.81. The van der Waals surface area contributed by atoms with Crippen molar-refractivity contribution in [3.63, 3.8) is 0 Å². The van der Waals surface area contributed by atoms with E-state index < -0.39 is 11.6 Å². The number of ether oxygens (including phenoxy) is 1. The van der Waals surface area contributed by atoms with Crippen LogP contribution in [0.2, 0.25) is 0 Å². The lowest BCUT2D eigenvalue weighted by Crippen LogP contribution is -2.76. The lowest BCUT2D eigenvalue weighted by atomic mass is 9.91. The van der Waals surface area contributed by atoms with E-state index in [4.69, 9.17) is 4.74 Å². The molecule has 4 unspecified atom stereocenters. The van der Waals surface area contributed by atoms with Crippen LogP contribution in [-0.4, -0.2) is 65.6 Å². The number of nitrogens with one attached hydrogen (secondary N) is 5. The number of anilines is 1. The molecule has 4 rings (SSSR count). The normalized spacial score (nSPS) is 29.4. The monoisotopic (exact) mass is 446 g/mol. The highest BCUT2D eigenvalue weighted by Crippen LogP contribution is 2.25. The number of carboxylic acids is 1. The lowest BCUT2D eigenvalue weighted by Gasteiger charge is -2.48. The number of nitrogens with zero attached hydrogens (tertiary/aromatic N) is 1. The van der Waals surface area contributed by atoms with Crippen molar-refractivity contribution in [2.45, 2.75) is 63.6 Å². The maximum Gasteiger partial charge on any atom is 0.347 e. The fourth-order valence-electron chi connectivity index (χ4n) is 4.54. The summed E-state index contributed by atoms with van der Waals surface area (Å²) in [5.41, 5.74) is 5.25. The first kappa shape index (κ1) is 22.8. The summed E-state index contributed by atoms with van der Waals surface area (Å²) in [6.45, 7) is 5.73. The van der Waals surface area contributed by atoms with Crippen LogP contribution < -0.4 is 31.5 Å². The second-order valence-electron chi connectivity index (χ2n) is 9.25. The van der Waals surface area contributed by atoms with Crippen molar-refractivity contribution in [1.82, 2.24) is 26.4 Å². The third-order valence-electron chi connectivity index (χ3n) is 6.41. The van der Waals surface area contributed by atoms with Crippen molar-refractivity contribution in [3.8, 4) is 5.75 Å². The highest BCUT2D eigenvalue weighted by Gasteiger charge is 2.45. The van der Waals surface area contributed by atoms with Crippen LogP contribution in [0.25, 0.3) is 0 Å². The molecule has 3 aliphatic rings. The number of fused-ring (bicyclic) bond motifs is 1. The van der Waals surface area contributed by atoms with Gasteiger partial charge in [0.05, 0.1) is 12.1 Å². The number of amides is 1. The summed E-state index contributed by atoms with van der Waals surface area (Å²) in [7, 11) is 0. The zero-order valence-corrected chi connectivity index (χ0v) is 18.7. The first-order chi connectivity index (χ1) is 15.3. The zero-order chi connectivity index (χ0) is 22.7. The van der Waals surface area contributed by atoms with E-state index in [0.717, 1.165) is 18.8 Å². The summed E-state index contributed by atoms with van der Waals surface area (Å²) in [4.78, 5) is 26.4. The van der Waals surface area contributed by atoms with E-state index in [2.05, 4.69) is 31.7 Å². The molecule has 1 aromatic rings. The number of benzene rings is 1. The minimum Gasteiger partial charge on any atom is -0.478 e. The molecule has 3 heterocycles. The number of rotatable bonds is 6. The fraction of sp³-hybridized carbons (Fsp3) is 0.636. The molecule has 0 spiro atoms. The van der Waals surface area contributed by atoms with Crippen LogP contribution in [0.5, 0.6) is 5.75 Å². The number of carbonyl (C=O) groups is 2. The fourth-order valence-corrected chi connectivity index (χ4v) is 4.54. The number of hydrogen-bond acceptors (Lipinski definition) is 8. The van der Waals surface area contributed by atoms with Crippen LogP contribution in [0.3, 0.4) is 0 Å². The number of likely N-dealkylation sites (tertiary alicyclic amines) is 1. The van der Waals surface area contributed by atoms with Gasteiger partial charge in [0.25, 0.3) is 0 Å². The molecule has 0 radical (unpaired) electrons. The van der Waals surface area contributed by atoms with Crippen molar-refractivity contribution in [3.05, 3.63) is 24.3 Å². The molecule has 3 fully saturated rings. The summed E-state index contributed by atoms with van der Waals surface area (Å²) < 4.78 is 5.59. The number of carboxylic acid groups (broad SMARTS) is 1. The Bertz CT molecular complexity index is 809. The van der Waals surface area contributed by atoms with Gasteiger partial charge in [0, 0.05) is 31.4 Å². The van der Waals surface area contributed by atoms with Crippen LogP contribution in [0.1, 0.15) is 39.5 Å². The molecular weight excluding hydrogens is 412 g/mol. The summed E-state index contributed by atoms with van der Waals surface area (Å²) >= 11 is 0. The van der Waals surface area contributed by atoms with Gasteiger partial charge in [-0.2, -0.15) is 0 Å². The van der Waals surface area contributed by atoms with Crippen LogP contribution >= 0.6 is 0 Å². The average Bonchev–Trinajstić information content (AvgIpc) is 3.04. The summed E-state index contributed by atoms with van der Waals surface area (Å²) in [6, 6.07) is 7.15. The number of carbonyl (C=O) groups excluding carboxylic acids is 1. The van der Waals surface area contributed by atoms with Gasteiger partial charge in [-0.15, -0.1) is 0 Å². The van der Waals surface area contributed by atoms with E-state index in [1.54, 1.807) is 12.1 Å². The van der Waals surface area contributed by atoms with E-state index in [1.165, 1.54) is 39.5 Å². The standard InChI is InChI=1S/C22H34N6O4/c1-22(2,20(30)31)32-15-9-7-14(8-10-15)24-18-17-16(13-23-27-19(17)29)25-21(26-18)28-11-5-3-4-6-12-28/h7-10,16-18,21,23-26H,3-6,11-13H2,1-2H3,(H,27,29)(H,30,31). The molecule has 10 heteroatoms. The predicted molar refractivity (Wildman–Crippen MR) is 120 cm³/mol.